The lowest BCUT2D eigenvalue weighted by molar-refractivity contribution is 0.105. The SMILES string of the molecule is CCOCCC1(CNC(=NC)NCc2ccn(C)c2)CCCC1.I. The third kappa shape index (κ3) is 6.63. The first-order valence-corrected chi connectivity index (χ1v) is 8.80. The first kappa shape index (κ1) is 21.3. The van der Waals surface area contributed by atoms with E-state index in [-0.39, 0.29) is 24.0 Å². The lowest BCUT2D eigenvalue weighted by Gasteiger charge is -2.30. The van der Waals surface area contributed by atoms with Crippen molar-refractivity contribution < 1.29 is 4.74 Å². The van der Waals surface area contributed by atoms with Gasteiger partial charge in [0, 0.05) is 52.8 Å². The maximum atomic E-state index is 5.59. The van der Waals surface area contributed by atoms with E-state index in [1.165, 1.54) is 31.2 Å². The Morgan fingerprint density at radius 2 is 2.08 bits per heavy atom. The van der Waals surface area contributed by atoms with Crippen molar-refractivity contribution in [3.8, 4) is 0 Å². The Hall–Kier alpha value is -0.760. The van der Waals surface area contributed by atoms with Crippen LogP contribution in [0.15, 0.2) is 23.5 Å². The van der Waals surface area contributed by atoms with Crippen molar-refractivity contribution in [3.05, 3.63) is 24.0 Å². The van der Waals surface area contributed by atoms with Gasteiger partial charge in [-0.25, -0.2) is 0 Å². The number of halogens is 1. The second kappa shape index (κ2) is 11.0. The van der Waals surface area contributed by atoms with E-state index in [2.05, 4.69) is 45.6 Å². The number of aryl methyl sites for hydroxylation is 1. The van der Waals surface area contributed by atoms with Crippen molar-refractivity contribution in [2.45, 2.75) is 45.6 Å². The molecule has 1 aromatic rings. The summed E-state index contributed by atoms with van der Waals surface area (Å²) in [5.41, 5.74) is 1.64. The predicted octanol–water partition coefficient (Wildman–Crippen LogP) is 3.30. The molecule has 0 aliphatic heterocycles. The van der Waals surface area contributed by atoms with Gasteiger partial charge >= 0.3 is 0 Å². The van der Waals surface area contributed by atoms with Gasteiger partial charge in [0.25, 0.3) is 0 Å². The van der Waals surface area contributed by atoms with Crippen LogP contribution >= 0.6 is 24.0 Å². The van der Waals surface area contributed by atoms with Crippen molar-refractivity contribution >= 4 is 29.9 Å². The van der Waals surface area contributed by atoms with E-state index in [1.807, 2.05) is 14.1 Å². The Kier molecular flexibility index (Phi) is 9.73. The molecule has 138 valence electrons. The van der Waals surface area contributed by atoms with Crippen LogP contribution in [0.3, 0.4) is 0 Å². The standard InChI is InChI=1S/C18H32N4O.HI/c1-4-23-12-10-18(8-5-6-9-18)15-21-17(19-2)20-13-16-7-11-22(3)14-16;/h7,11,14H,4-6,8-10,12-13,15H2,1-3H3,(H2,19,20,21);1H. The van der Waals surface area contributed by atoms with Gasteiger partial charge in [0.1, 0.15) is 0 Å². The van der Waals surface area contributed by atoms with Crippen molar-refractivity contribution in [1.82, 2.24) is 15.2 Å². The summed E-state index contributed by atoms with van der Waals surface area (Å²) < 4.78 is 7.65. The molecular weight excluding hydrogens is 415 g/mol. The number of hydrogen-bond acceptors (Lipinski definition) is 2. The zero-order valence-electron chi connectivity index (χ0n) is 15.3. The number of aliphatic imine (C=N–C) groups is 1. The molecule has 2 rings (SSSR count). The molecule has 0 bridgehead atoms. The highest BCUT2D eigenvalue weighted by molar-refractivity contribution is 14.0. The Morgan fingerprint density at radius 1 is 1.33 bits per heavy atom. The van der Waals surface area contributed by atoms with Crippen LogP contribution in [-0.4, -0.2) is 37.3 Å². The Balaban J connectivity index is 0.00000288. The molecule has 0 saturated heterocycles. The Bertz CT molecular complexity index is 495. The molecule has 0 spiro atoms. The maximum Gasteiger partial charge on any atom is 0.191 e. The maximum absolute atomic E-state index is 5.59. The van der Waals surface area contributed by atoms with Gasteiger partial charge in [0.15, 0.2) is 5.96 Å². The van der Waals surface area contributed by atoms with Gasteiger partial charge in [-0.2, -0.15) is 0 Å². The minimum Gasteiger partial charge on any atom is -0.382 e. The zero-order valence-corrected chi connectivity index (χ0v) is 17.6. The molecule has 1 saturated carbocycles. The predicted molar refractivity (Wildman–Crippen MR) is 111 cm³/mol. The molecule has 0 amide bonds. The van der Waals surface area contributed by atoms with E-state index in [4.69, 9.17) is 4.74 Å². The average molecular weight is 448 g/mol. The fraction of sp³-hybridized carbons (Fsp3) is 0.722. The highest BCUT2D eigenvalue weighted by atomic mass is 127. The van der Waals surface area contributed by atoms with E-state index in [1.54, 1.807) is 0 Å². The van der Waals surface area contributed by atoms with Crippen molar-refractivity contribution in [2.75, 3.05) is 26.8 Å². The Labute approximate surface area is 163 Å². The van der Waals surface area contributed by atoms with Crippen LogP contribution in [0.5, 0.6) is 0 Å². The molecule has 6 heteroatoms. The summed E-state index contributed by atoms with van der Waals surface area (Å²) in [6.45, 7) is 5.52. The quantitative estimate of drug-likeness (QED) is 0.278. The summed E-state index contributed by atoms with van der Waals surface area (Å²) >= 11 is 0. The molecule has 24 heavy (non-hydrogen) atoms. The summed E-state index contributed by atoms with van der Waals surface area (Å²) in [6.07, 6.45) is 10.6. The number of aromatic nitrogens is 1. The Morgan fingerprint density at radius 3 is 2.67 bits per heavy atom. The lowest BCUT2D eigenvalue weighted by atomic mass is 9.83. The molecule has 1 heterocycles. The highest BCUT2D eigenvalue weighted by Gasteiger charge is 2.33. The summed E-state index contributed by atoms with van der Waals surface area (Å²) in [5.74, 6) is 0.886. The van der Waals surface area contributed by atoms with Crippen LogP contribution in [0.2, 0.25) is 0 Å². The molecule has 0 radical (unpaired) electrons. The number of hydrogen-bond donors (Lipinski definition) is 2. The van der Waals surface area contributed by atoms with Crippen molar-refractivity contribution in [3.63, 3.8) is 0 Å². The molecule has 0 atom stereocenters. The molecule has 0 aromatic carbocycles. The molecule has 5 nitrogen and oxygen atoms in total. The summed E-state index contributed by atoms with van der Waals surface area (Å²) in [6, 6.07) is 2.13. The van der Waals surface area contributed by atoms with Crippen LogP contribution in [0.4, 0.5) is 0 Å². The zero-order chi connectivity index (χ0) is 16.5. The number of guanidine groups is 1. The van der Waals surface area contributed by atoms with E-state index in [9.17, 15) is 0 Å². The summed E-state index contributed by atoms with van der Waals surface area (Å²) in [7, 11) is 3.88. The highest BCUT2D eigenvalue weighted by Crippen LogP contribution is 2.40. The van der Waals surface area contributed by atoms with Gasteiger partial charge in [-0.3, -0.25) is 4.99 Å². The molecule has 1 aliphatic carbocycles. The number of nitrogens with one attached hydrogen (secondary N) is 2. The van der Waals surface area contributed by atoms with Gasteiger partial charge < -0.3 is 19.9 Å². The van der Waals surface area contributed by atoms with E-state index < -0.39 is 0 Å². The molecule has 0 unspecified atom stereocenters. The first-order valence-electron chi connectivity index (χ1n) is 8.80. The minimum absolute atomic E-state index is 0. The van der Waals surface area contributed by atoms with Gasteiger partial charge in [-0.1, -0.05) is 12.8 Å². The third-order valence-electron chi connectivity index (χ3n) is 4.85. The smallest absolute Gasteiger partial charge is 0.191 e. The molecule has 1 fully saturated rings. The third-order valence-corrected chi connectivity index (χ3v) is 4.85. The summed E-state index contributed by atoms with van der Waals surface area (Å²) in [5, 5.41) is 6.93. The van der Waals surface area contributed by atoms with Crippen LogP contribution < -0.4 is 10.6 Å². The second-order valence-corrected chi connectivity index (χ2v) is 6.62. The largest absolute Gasteiger partial charge is 0.382 e. The van der Waals surface area contributed by atoms with Crippen LogP contribution in [-0.2, 0) is 18.3 Å². The van der Waals surface area contributed by atoms with Gasteiger partial charge in [0.05, 0.1) is 0 Å². The fourth-order valence-corrected chi connectivity index (χ4v) is 3.42. The number of nitrogens with zero attached hydrogens (tertiary/aromatic N) is 2. The lowest BCUT2D eigenvalue weighted by Crippen LogP contribution is -2.43. The average Bonchev–Trinajstić information content (AvgIpc) is 3.18. The molecule has 1 aromatic heterocycles. The van der Waals surface area contributed by atoms with Crippen LogP contribution in [0, 0.1) is 5.41 Å². The fourth-order valence-electron chi connectivity index (χ4n) is 3.42. The van der Waals surface area contributed by atoms with E-state index in [0.717, 1.165) is 38.7 Å². The van der Waals surface area contributed by atoms with Crippen LogP contribution in [0.25, 0.3) is 0 Å². The molecular formula is C18H33IN4O. The number of ether oxygens (including phenoxy) is 1. The van der Waals surface area contributed by atoms with Crippen molar-refractivity contribution in [2.24, 2.45) is 17.5 Å². The van der Waals surface area contributed by atoms with Gasteiger partial charge in [0.2, 0.25) is 0 Å². The van der Waals surface area contributed by atoms with Crippen LogP contribution in [0.1, 0.15) is 44.6 Å². The van der Waals surface area contributed by atoms with Gasteiger partial charge in [-0.05, 0) is 43.2 Å². The monoisotopic (exact) mass is 448 g/mol. The number of rotatable bonds is 8. The first-order chi connectivity index (χ1) is 11.2. The van der Waals surface area contributed by atoms with E-state index in [0.29, 0.717) is 5.41 Å². The summed E-state index contributed by atoms with van der Waals surface area (Å²) in [4.78, 5) is 4.35. The van der Waals surface area contributed by atoms with Crippen molar-refractivity contribution in [1.29, 1.82) is 0 Å². The molecule has 1 aliphatic rings. The van der Waals surface area contributed by atoms with Gasteiger partial charge in [-0.15, -0.1) is 24.0 Å². The topological polar surface area (TPSA) is 50.6 Å². The minimum atomic E-state index is 0. The second-order valence-electron chi connectivity index (χ2n) is 6.62. The normalized spacial score (nSPS) is 16.7. The van der Waals surface area contributed by atoms with E-state index >= 15 is 0 Å². The molecule has 2 N–H and O–H groups in total.